The van der Waals surface area contributed by atoms with Gasteiger partial charge in [0, 0.05) is 5.69 Å². The molecule has 0 aliphatic rings. The lowest BCUT2D eigenvalue weighted by atomic mass is 10.1. The van der Waals surface area contributed by atoms with Gasteiger partial charge >= 0.3 is 5.97 Å². The molecular formula is C23H22N2O5. The van der Waals surface area contributed by atoms with Crippen LogP contribution in [0.4, 0.5) is 5.69 Å². The summed E-state index contributed by atoms with van der Waals surface area (Å²) in [7, 11) is 1.29. The average Bonchev–Trinajstić information content (AvgIpc) is 2.77. The molecule has 0 unspecified atom stereocenters. The summed E-state index contributed by atoms with van der Waals surface area (Å²) in [6.07, 6.45) is 3.08. The van der Waals surface area contributed by atoms with E-state index in [-0.39, 0.29) is 5.57 Å². The Bertz CT molecular complexity index is 988. The number of ether oxygens (including phenoxy) is 3. The minimum atomic E-state index is -0.576. The molecule has 7 nitrogen and oxygen atoms in total. The first kappa shape index (κ1) is 22.2. The number of nitrogens with one attached hydrogen (secondary N) is 1. The molecule has 2 rings (SSSR count). The maximum atomic E-state index is 12.5. The Hall–Kier alpha value is -4.05. The summed E-state index contributed by atoms with van der Waals surface area (Å²) in [6, 6.07) is 13.2. The highest BCUT2D eigenvalue weighted by Gasteiger charge is 2.12. The molecule has 0 aliphatic carbocycles. The number of amides is 1. The van der Waals surface area contributed by atoms with Gasteiger partial charge in [-0.1, -0.05) is 18.7 Å². The average molecular weight is 406 g/mol. The van der Waals surface area contributed by atoms with Crippen molar-refractivity contribution >= 4 is 23.6 Å². The molecule has 2 aromatic rings. The second kappa shape index (κ2) is 11.1. The van der Waals surface area contributed by atoms with Gasteiger partial charge in [0.1, 0.15) is 18.2 Å². The first-order valence-electron chi connectivity index (χ1n) is 9.14. The number of hydrogen-bond donors (Lipinski definition) is 1. The fourth-order valence-electron chi connectivity index (χ4n) is 2.47. The minimum Gasteiger partial charge on any atom is -0.490 e. The van der Waals surface area contributed by atoms with Crippen LogP contribution < -0.4 is 14.8 Å². The standard InChI is InChI=1S/C23H22N2O5/c1-4-12-30-20-11-6-16(14-21(20)29-5-2)13-18(15-24)22(26)25-19-9-7-17(8-10-19)23(27)28-3/h4,6-11,13-14H,1,5,12H2,2-3H3,(H,25,26)/b18-13+. The minimum absolute atomic E-state index is 0.0887. The number of rotatable bonds is 9. The monoisotopic (exact) mass is 406 g/mol. The van der Waals surface area contributed by atoms with Crippen LogP contribution in [-0.2, 0) is 9.53 Å². The molecule has 0 heterocycles. The zero-order chi connectivity index (χ0) is 21.9. The van der Waals surface area contributed by atoms with Crippen molar-refractivity contribution in [2.45, 2.75) is 6.92 Å². The third-order valence-corrected chi connectivity index (χ3v) is 3.86. The van der Waals surface area contributed by atoms with Crippen molar-refractivity contribution in [2.24, 2.45) is 0 Å². The molecule has 1 N–H and O–H groups in total. The van der Waals surface area contributed by atoms with E-state index in [4.69, 9.17) is 9.47 Å². The number of nitrogens with zero attached hydrogens (tertiary/aromatic N) is 1. The first-order valence-corrected chi connectivity index (χ1v) is 9.14. The predicted octanol–water partition coefficient (Wildman–Crippen LogP) is 3.98. The lowest BCUT2D eigenvalue weighted by Crippen LogP contribution is -2.13. The number of nitriles is 1. The van der Waals surface area contributed by atoms with Crippen molar-refractivity contribution in [2.75, 3.05) is 25.6 Å². The summed E-state index contributed by atoms with van der Waals surface area (Å²) in [6.45, 7) is 6.22. The van der Waals surface area contributed by atoms with Crippen LogP contribution in [0.1, 0.15) is 22.8 Å². The lowest BCUT2D eigenvalue weighted by molar-refractivity contribution is -0.112. The Balaban J connectivity index is 2.20. The van der Waals surface area contributed by atoms with E-state index >= 15 is 0 Å². The normalized spacial score (nSPS) is 10.5. The molecule has 1 amide bonds. The molecule has 0 aromatic heterocycles. The van der Waals surface area contributed by atoms with E-state index in [2.05, 4.69) is 16.6 Å². The Morgan fingerprint density at radius 1 is 1.13 bits per heavy atom. The lowest BCUT2D eigenvalue weighted by Gasteiger charge is -2.11. The highest BCUT2D eigenvalue weighted by Crippen LogP contribution is 2.29. The molecule has 0 atom stereocenters. The summed E-state index contributed by atoms with van der Waals surface area (Å²) in [5.74, 6) is -0.00359. The van der Waals surface area contributed by atoms with Gasteiger partial charge in [-0.05, 0) is 55.0 Å². The van der Waals surface area contributed by atoms with Crippen LogP contribution in [0.15, 0.2) is 60.7 Å². The molecular weight excluding hydrogens is 384 g/mol. The van der Waals surface area contributed by atoms with Gasteiger partial charge in [-0.15, -0.1) is 0 Å². The van der Waals surface area contributed by atoms with Crippen molar-refractivity contribution in [3.63, 3.8) is 0 Å². The van der Waals surface area contributed by atoms with E-state index in [1.54, 1.807) is 36.4 Å². The highest BCUT2D eigenvalue weighted by atomic mass is 16.5. The van der Waals surface area contributed by atoms with Gasteiger partial charge in [-0.2, -0.15) is 5.26 Å². The molecule has 0 bridgehead atoms. The Labute approximate surface area is 175 Å². The molecule has 0 radical (unpaired) electrons. The SMILES string of the molecule is C=CCOc1ccc(/C=C(\C#N)C(=O)Nc2ccc(C(=O)OC)cc2)cc1OCC. The van der Waals surface area contributed by atoms with Crippen LogP contribution in [0.5, 0.6) is 11.5 Å². The topological polar surface area (TPSA) is 97.7 Å². The van der Waals surface area contributed by atoms with Gasteiger partial charge in [0.05, 0.1) is 19.3 Å². The number of carbonyl (C=O) groups excluding carboxylic acids is 2. The molecule has 0 saturated heterocycles. The quantitative estimate of drug-likeness (QED) is 0.293. The van der Waals surface area contributed by atoms with E-state index in [1.807, 2.05) is 13.0 Å². The number of anilines is 1. The zero-order valence-electron chi connectivity index (χ0n) is 16.8. The van der Waals surface area contributed by atoms with Crippen LogP contribution in [0.25, 0.3) is 6.08 Å². The number of benzene rings is 2. The molecule has 154 valence electrons. The molecule has 0 aliphatic heterocycles. The largest absolute Gasteiger partial charge is 0.490 e. The molecule has 0 fully saturated rings. The maximum Gasteiger partial charge on any atom is 0.337 e. The summed E-state index contributed by atoms with van der Waals surface area (Å²) >= 11 is 0. The second-order valence-electron chi connectivity index (χ2n) is 5.93. The number of hydrogen-bond acceptors (Lipinski definition) is 6. The van der Waals surface area contributed by atoms with Crippen molar-refractivity contribution in [1.29, 1.82) is 5.26 Å². The molecule has 0 saturated carbocycles. The first-order chi connectivity index (χ1) is 14.5. The van der Waals surface area contributed by atoms with E-state index in [0.717, 1.165) is 0 Å². The van der Waals surface area contributed by atoms with Gasteiger partial charge in [-0.3, -0.25) is 4.79 Å². The van der Waals surface area contributed by atoms with Crippen LogP contribution >= 0.6 is 0 Å². The van der Waals surface area contributed by atoms with Crippen molar-refractivity contribution in [1.82, 2.24) is 0 Å². The zero-order valence-corrected chi connectivity index (χ0v) is 16.8. The number of carbonyl (C=O) groups is 2. The third-order valence-electron chi connectivity index (χ3n) is 3.86. The molecule has 7 heteroatoms. The van der Waals surface area contributed by atoms with Gasteiger partial charge in [0.2, 0.25) is 0 Å². The van der Waals surface area contributed by atoms with Crippen molar-refractivity contribution < 1.29 is 23.8 Å². The van der Waals surface area contributed by atoms with Gasteiger partial charge in [0.25, 0.3) is 5.91 Å². The third kappa shape index (κ3) is 5.97. The van der Waals surface area contributed by atoms with Crippen LogP contribution in [0, 0.1) is 11.3 Å². The summed E-state index contributed by atoms with van der Waals surface area (Å²) in [5.41, 5.74) is 1.32. The smallest absolute Gasteiger partial charge is 0.337 e. The summed E-state index contributed by atoms with van der Waals surface area (Å²) < 4.78 is 15.8. The van der Waals surface area contributed by atoms with E-state index in [1.165, 1.54) is 25.3 Å². The summed E-state index contributed by atoms with van der Waals surface area (Å²) in [4.78, 5) is 24.0. The van der Waals surface area contributed by atoms with E-state index < -0.39 is 11.9 Å². The Morgan fingerprint density at radius 2 is 1.87 bits per heavy atom. The number of esters is 1. The fourth-order valence-corrected chi connectivity index (χ4v) is 2.47. The highest BCUT2D eigenvalue weighted by molar-refractivity contribution is 6.09. The number of methoxy groups -OCH3 is 1. The van der Waals surface area contributed by atoms with E-state index in [9.17, 15) is 14.9 Å². The molecule has 30 heavy (non-hydrogen) atoms. The van der Waals surface area contributed by atoms with Crippen molar-refractivity contribution in [3.8, 4) is 17.6 Å². The maximum absolute atomic E-state index is 12.5. The van der Waals surface area contributed by atoms with Gasteiger partial charge in [-0.25, -0.2) is 4.79 Å². The molecule has 2 aromatic carbocycles. The fraction of sp³-hybridized carbons (Fsp3) is 0.174. The van der Waals surface area contributed by atoms with Crippen LogP contribution in [-0.4, -0.2) is 32.2 Å². The van der Waals surface area contributed by atoms with Crippen molar-refractivity contribution in [3.05, 3.63) is 71.8 Å². The summed E-state index contributed by atoms with van der Waals surface area (Å²) in [5, 5.41) is 12.0. The van der Waals surface area contributed by atoms with Crippen LogP contribution in [0.2, 0.25) is 0 Å². The van der Waals surface area contributed by atoms with E-state index in [0.29, 0.717) is 41.5 Å². The predicted molar refractivity (Wildman–Crippen MR) is 113 cm³/mol. The van der Waals surface area contributed by atoms with Crippen LogP contribution in [0.3, 0.4) is 0 Å². The van der Waals surface area contributed by atoms with Gasteiger partial charge < -0.3 is 19.5 Å². The molecule has 0 spiro atoms. The second-order valence-corrected chi connectivity index (χ2v) is 5.93. The Morgan fingerprint density at radius 3 is 2.47 bits per heavy atom. The van der Waals surface area contributed by atoms with Gasteiger partial charge in [0.15, 0.2) is 11.5 Å². The Kier molecular flexibility index (Phi) is 8.21.